The Morgan fingerprint density at radius 1 is 1.10 bits per heavy atom. The van der Waals surface area contributed by atoms with Gasteiger partial charge in [0.15, 0.2) is 0 Å². The van der Waals surface area contributed by atoms with Gasteiger partial charge in [0.05, 0.1) is 0 Å². The molecule has 0 atom stereocenters. The summed E-state index contributed by atoms with van der Waals surface area (Å²) in [6, 6.07) is 7.10. The molecule has 2 nitrogen and oxygen atoms in total. The summed E-state index contributed by atoms with van der Waals surface area (Å²) in [6.07, 6.45) is 5.12. The Morgan fingerprint density at radius 3 is 2.43 bits per heavy atom. The van der Waals surface area contributed by atoms with Crippen LogP contribution < -0.4 is 5.73 Å². The van der Waals surface area contributed by atoms with Gasteiger partial charge in [-0.1, -0.05) is 39.8 Å². The standard InChI is InChI=1S/C19H30N2/c1-18(2)10-15(11-19(3,4)13-18)21-9-8-14-6-5-7-17(20)16(14)12-21/h5-7,15H,8-13,20H2,1-4H3. The molecule has 116 valence electrons. The fourth-order valence-corrected chi connectivity index (χ4v) is 4.99. The second kappa shape index (κ2) is 5.01. The van der Waals surface area contributed by atoms with Crippen molar-refractivity contribution in [3.63, 3.8) is 0 Å². The van der Waals surface area contributed by atoms with Gasteiger partial charge in [-0.2, -0.15) is 0 Å². The first-order valence-electron chi connectivity index (χ1n) is 8.36. The van der Waals surface area contributed by atoms with Crippen molar-refractivity contribution in [2.75, 3.05) is 12.3 Å². The van der Waals surface area contributed by atoms with Crippen molar-refractivity contribution < 1.29 is 0 Å². The molecular formula is C19H30N2. The summed E-state index contributed by atoms with van der Waals surface area (Å²) in [5.41, 5.74) is 10.9. The van der Waals surface area contributed by atoms with Crippen LogP contribution in [0.3, 0.4) is 0 Å². The van der Waals surface area contributed by atoms with Crippen LogP contribution in [-0.2, 0) is 13.0 Å². The summed E-state index contributed by atoms with van der Waals surface area (Å²) in [7, 11) is 0. The monoisotopic (exact) mass is 286 g/mol. The quantitative estimate of drug-likeness (QED) is 0.783. The largest absolute Gasteiger partial charge is 0.398 e. The Kier molecular flexibility index (Phi) is 3.56. The van der Waals surface area contributed by atoms with E-state index in [9.17, 15) is 0 Å². The number of anilines is 1. The molecule has 1 saturated carbocycles. The number of nitrogen functional groups attached to an aromatic ring is 1. The van der Waals surface area contributed by atoms with Crippen LogP contribution in [0.25, 0.3) is 0 Å². The normalized spacial score (nSPS) is 25.5. The third kappa shape index (κ3) is 3.11. The van der Waals surface area contributed by atoms with Gasteiger partial charge in [0.2, 0.25) is 0 Å². The number of fused-ring (bicyclic) bond motifs is 1. The van der Waals surface area contributed by atoms with Crippen LogP contribution in [0.5, 0.6) is 0 Å². The van der Waals surface area contributed by atoms with Crippen LogP contribution in [-0.4, -0.2) is 17.5 Å². The maximum Gasteiger partial charge on any atom is 0.0362 e. The first kappa shape index (κ1) is 14.9. The second-order valence-corrected chi connectivity index (χ2v) is 8.77. The van der Waals surface area contributed by atoms with Crippen molar-refractivity contribution >= 4 is 5.69 Å². The van der Waals surface area contributed by atoms with E-state index in [0.29, 0.717) is 16.9 Å². The van der Waals surface area contributed by atoms with Crippen molar-refractivity contribution in [2.45, 2.75) is 66.0 Å². The lowest BCUT2D eigenvalue weighted by atomic mass is 9.63. The third-order valence-electron chi connectivity index (χ3n) is 5.39. The first-order chi connectivity index (χ1) is 9.76. The molecule has 0 saturated heterocycles. The predicted molar refractivity (Wildman–Crippen MR) is 90.2 cm³/mol. The van der Waals surface area contributed by atoms with Gasteiger partial charge in [0, 0.05) is 24.8 Å². The average Bonchev–Trinajstić information content (AvgIpc) is 2.35. The fraction of sp³-hybridized carbons (Fsp3) is 0.684. The van der Waals surface area contributed by atoms with E-state index < -0.39 is 0 Å². The van der Waals surface area contributed by atoms with Crippen LogP contribution in [0.2, 0.25) is 0 Å². The number of nitrogens with zero attached hydrogens (tertiary/aromatic N) is 1. The van der Waals surface area contributed by atoms with Crippen LogP contribution in [0, 0.1) is 10.8 Å². The zero-order valence-electron chi connectivity index (χ0n) is 14.1. The molecule has 1 heterocycles. The van der Waals surface area contributed by atoms with Gasteiger partial charge in [0.1, 0.15) is 0 Å². The lowest BCUT2D eigenvalue weighted by Crippen LogP contribution is -2.48. The Labute approximate surface area is 129 Å². The van der Waals surface area contributed by atoms with Crippen LogP contribution in [0.4, 0.5) is 5.69 Å². The van der Waals surface area contributed by atoms with Crippen LogP contribution >= 0.6 is 0 Å². The van der Waals surface area contributed by atoms with Gasteiger partial charge >= 0.3 is 0 Å². The van der Waals surface area contributed by atoms with E-state index in [4.69, 9.17) is 5.73 Å². The molecule has 2 heteroatoms. The van der Waals surface area contributed by atoms with Crippen molar-refractivity contribution in [1.82, 2.24) is 4.90 Å². The summed E-state index contributed by atoms with van der Waals surface area (Å²) in [6.45, 7) is 12.0. The minimum atomic E-state index is 0.453. The summed E-state index contributed by atoms with van der Waals surface area (Å²) in [5, 5.41) is 0. The molecule has 2 aliphatic rings. The smallest absolute Gasteiger partial charge is 0.0362 e. The zero-order valence-corrected chi connectivity index (χ0v) is 14.1. The van der Waals surface area contributed by atoms with Gasteiger partial charge in [-0.3, -0.25) is 4.90 Å². The molecule has 3 rings (SSSR count). The lowest BCUT2D eigenvalue weighted by Gasteiger charge is -2.49. The molecule has 1 aromatic carbocycles. The number of hydrogen-bond acceptors (Lipinski definition) is 2. The molecule has 1 fully saturated rings. The topological polar surface area (TPSA) is 29.3 Å². The molecule has 1 aliphatic carbocycles. The number of hydrogen-bond donors (Lipinski definition) is 1. The summed E-state index contributed by atoms with van der Waals surface area (Å²) < 4.78 is 0. The molecule has 1 aliphatic heterocycles. The molecule has 0 radical (unpaired) electrons. The van der Waals surface area contributed by atoms with Gasteiger partial charge < -0.3 is 5.73 Å². The van der Waals surface area contributed by atoms with E-state index in [1.165, 1.54) is 36.9 Å². The lowest BCUT2D eigenvalue weighted by molar-refractivity contribution is 0.0184. The minimum Gasteiger partial charge on any atom is -0.398 e. The van der Waals surface area contributed by atoms with Gasteiger partial charge in [-0.05, 0) is 53.7 Å². The molecule has 0 unspecified atom stereocenters. The van der Waals surface area contributed by atoms with E-state index in [1.54, 1.807) is 0 Å². The van der Waals surface area contributed by atoms with E-state index in [2.05, 4.69) is 50.8 Å². The highest BCUT2D eigenvalue weighted by Gasteiger charge is 2.41. The Balaban J connectivity index is 1.81. The van der Waals surface area contributed by atoms with Crippen molar-refractivity contribution in [1.29, 1.82) is 0 Å². The average molecular weight is 286 g/mol. The molecule has 21 heavy (non-hydrogen) atoms. The Morgan fingerprint density at radius 2 is 1.76 bits per heavy atom. The predicted octanol–water partition coefficient (Wildman–Crippen LogP) is 4.23. The summed E-state index contributed by atoms with van der Waals surface area (Å²) >= 11 is 0. The van der Waals surface area contributed by atoms with Crippen LogP contribution in [0.1, 0.15) is 58.1 Å². The Bertz CT molecular complexity index is 514. The fourth-order valence-electron chi connectivity index (χ4n) is 4.99. The van der Waals surface area contributed by atoms with Gasteiger partial charge in [0.25, 0.3) is 0 Å². The van der Waals surface area contributed by atoms with Crippen molar-refractivity contribution in [2.24, 2.45) is 10.8 Å². The molecule has 1 aromatic rings. The van der Waals surface area contributed by atoms with E-state index >= 15 is 0 Å². The minimum absolute atomic E-state index is 0.453. The molecule has 2 N–H and O–H groups in total. The maximum atomic E-state index is 6.21. The molecule has 0 aromatic heterocycles. The van der Waals surface area contributed by atoms with Crippen molar-refractivity contribution in [3.8, 4) is 0 Å². The number of benzene rings is 1. The molecule has 0 spiro atoms. The highest BCUT2D eigenvalue weighted by molar-refractivity contribution is 5.51. The van der Waals surface area contributed by atoms with Crippen LogP contribution in [0.15, 0.2) is 18.2 Å². The zero-order chi connectivity index (χ0) is 15.3. The van der Waals surface area contributed by atoms with Gasteiger partial charge in [-0.25, -0.2) is 0 Å². The number of rotatable bonds is 1. The van der Waals surface area contributed by atoms with Crippen molar-refractivity contribution in [3.05, 3.63) is 29.3 Å². The van der Waals surface area contributed by atoms with E-state index in [0.717, 1.165) is 18.7 Å². The third-order valence-corrected chi connectivity index (χ3v) is 5.39. The second-order valence-electron chi connectivity index (χ2n) is 8.77. The van der Waals surface area contributed by atoms with E-state index in [-0.39, 0.29) is 0 Å². The maximum absolute atomic E-state index is 6.21. The summed E-state index contributed by atoms with van der Waals surface area (Å²) in [5.74, 6) is 0. The highest BCUT2D eigenvalue weighted by atomic mass is 15.2. The number of nitrogens with two attached hydrogens (primary N) is 1. The molecule has 0 bridgehead atoms. The Hall–Kier alpha value is -1.02. The first-order valence-corrected chi connectivity index (χ1v) is 8.36. The van der Waals surface area contributed by atoms with Gasteiger partial charge in [-0.15, -0.1) is 0 Å². The highest BCUT2D eigenvalue weighted by Crippen LogP contribution is 2.47. The SMILES string of the molecule is CC1(C)CC(N2CCc3cccc(N)c3C2)CC(C)(C)C1. The molecular weight excluding hydrogens is 256 g/mol. The molecule has 0 amide bonds. The van der Waals surface area contributed by atoms with E-state index in [1.807, 2.05) is 0 Å². The summed E-state index contributed by atoms with van der Waals surface area (Å²) in [4.78, 5) is 2.70.